The minimum atomic E-state index is -0.216. The van der Waals surface area contributed by atoms with Crippen molar-refractivity contribution >= 4 is 5.82 Å². The number of anilines is 1. The molecule has 1 aliphatic rings. The van der Waals surface area contributed by atoms with Crippen LogP contribution in [0, 0.1) is 5.92 Å². The Kier molecular flexibility index (Phi) is 4.07. The van der Waals surface area contributed by atoms with E-state index < -0.39 is 0 Å². The average Bonchev–Trinajstić information content (AvgIpc) is 2.42. The highest BCUT2D eigenvalue weighted by Crippen LogP contribution is 2.34. The number of nitrogens with zero attached hydrogens (tertiary/aromatic N) is 1. The first-order chi connectivity index (χ1) is 8.67. The Morgan fingerprint density at radius 1 is 1.44 bits per heavy atom. The van der Waals surface area contributed by atoms with E-state index in [4.69, 9.17) is 4.74 Å². The molecule has 1 fully saturated rings. The number of aliphatic hydroxyl groups is 1. The van der Waals surface area contributed by atoms with Crippen LogP contribution < -0.4 is 10.1 Å². The van der Waals surface area contributed by atoms with Crippen LogP contribution in [-0.2, 0) is 0 Å². The molecule has 0 amide bonds. The monoisotopic (exact) mass is 250 g/mol. The molecular formula is C14H22N2O2. The fourth-order valence-corrected chi connectivity index (χ4v) is 2.51. The minimum absolute atomic E-state index is 0.151. The van der Waals surface area contributed by atoms with Gasteiger partial charge in [-0.25, -0.2) is 0 Å². The first kappa shape index (κ1) is 13.1. The normalized spacial score (nSPS) is 27.8. The van der Waals surface area contributed by atoms with Crippen LogP contribution in [0.4, 0.5) is 5.82 Å². The van der Waals surface area contributed by atoms with E-state index >= 15 is 0 Å². The standard InChI is InChI=1S/C14H22N2O2/c1-11-6-8-14(10-17,9-7-11)16-12-4-3-5-13(15-12)18-2/h3-5,11,17H,6-10H2,1-2H3,(H,15,16). The van der Waals surface area contributed by atoms with Gasteiger partial charge in [-0.15, -0.1) is 0 Å². The van der Waals surface area contributed by atoms with Gasteiger partial charge >= 0.3 is 0 Å². The molecule has 1 saturated carbocycles. The number of hydrogen-bond donors (Lipinski definition) is 2. The van der Waals surface area contributed by atoms with Gasteiger partial charge in [-0.3, -0.25) is 0 Å². The predicted molar refractivity (Wildman–Crippen MR) is 71.9 cm³/mol. The lowest BCUT2D eigenvalue weighted by molar-refractivity contribution is 0.155. The summed E-state index contributed by atoms with van der Waals surface area (Å²) in [7, 11) is 1.61. The molecule has 18 heavy (non-hydrogen) atoms. The van der Waals surface area contributed by atoms with Crippen LogP contribution >= 0.6 is 0 Å². The molecule has 1 aliphatic carbocycles. The van der Waals surface area contributed by atoms with Gasteiger partial charge in [-0.1, -0.05) is 13.0 Å². The van der Waals surface area contributed by atoms with Gasteiger partial charge in [0, 0.05) is 6.07 Å². The maximum Gasteiger partial charge on any atom is 0.214 e. The second kappa shape index (κ2) is 5.57. The van der Waals surface area contributed by atoms with Gasteiger partial charge < -0.3 is 15.2 Å². The summed E-state index contributed by atoms with van der Waals surface area (Å²) in [5, 5.41) is 13.1. The lowest BCUT2D eigenvalue weighted by Gasteiger charge is -2.39. The van der Waals surface area contributed by atoms with Gasteiger partial charge in [0.15, 0.2) is 0 Å². The van der Waals surface area contributed by atoms with Gasteiger partial charge in [0.2, 0.25) is 5.88 Å². The smallest absolute Gasteiger partial charge is 0.214 e. The summed E-state index contributed by atoms with van der Waals surface area (Å²) in [6, 6.07) is 5.64. The van der Waals surface area contributed by atoms with E-state index in [-0.39, 0.29) is 12.1 Å². The number of methoxy groups -OCH3 is 1. The lowest BCUT2D eigenvalue weighted by atomic mass is 9.77. The summed E-state index contributed by atoms with van der Waals surface area (Å²) < 4.78 is 5.11. The predicted octanol–water partition coefficient (Wildman–Crippen LogP) is 2.44. The second-order valence-corrected chi connectivity index (χ2v) is 5.31. The van der Waals surface area contributed by atoms with Gasteiger partial charge in [0.05, 0.1) is 19.3 Å². The topological polar surface area (TPSA) is 54.4 Å². The highest BCUT2D eigenvalue weighted by atomic mass is 16.5. The molecule has 100 valence electrons. The number of aromatic nitrogens is 1. The van der Waals surface area contributed by atoms with Crippen molar-refractivity contribution in [3.05, 3.63) is 18.2 Å². The molecule has 0 aromatic carbocycles. The number of rotatable bonds is 4. The highest BCUT2D eigenvalue weighted by Gasteiger charge is 2.33. The molecule has 0 saturated heterocycles. The summed E-state index contributed by atoms with van der Waals surface area (Å²) in [5.74, 6) is 2.12. The zero-order valence-corrected chi connectivity index (χ0v) is 11.1. The van der Waals surface area contributed by atoms with Crippen LogP contribution in [0.3, 0.4) is 0 Å². The maximum atomic E-state index is 9.69. The number of hydrogen-bond acceptors (Lipinski definition) is 4. The molecule has 1 aromatic heterocycles. The number of ether oxygens (including phenoxy) is 1. The number of aliphatic hydroxyl groups excluding tert-OH is 1. The zero-order chi connectivity index (χ0) is 13.0. The maximum absolute atomic E-state index is 9.69. The minimum Gasteiger partial charge on any atom is -0.481 e. The summed E-state index contributed by atoms with van der Waals surface area (Å²) in [5.41, 5.74) is -0.216. The van der Waals surface area contributed by atoms with E-state index in [9.17, 15) is 5.11 Å². The Balaban J connectivity index is 2.09. The lowest BCUT2D eigenvalue weighted by Crippen LogP contribution is -2.45. The Hall–Kier alpha value is -1.29. The van der Waals surface area contributed by atoms with Gasteiger partial charge in [-0.05, 0) is 37.7 Å². The molecular weight excluding hydrogens is 228 g/mol. The number of nitrogens with one attached hydrogen (secondary N) is 1. The van der Waals surface area contributed by atoms with Gasteiger partial charge in [0.1, 0.15) is 5.82 Å². The third kappa shape index (κ3) is 2.93. The molecule has 0 bridgehead atoms. The van der Waals surface area contributed by atoms with E-state index in [1.807, 2.05) is 18.2 Å². The fourth-order valence-electron chi connectivity index (χ4n) is 2.51. The van der Waals surface area contributed by atoms with Crippen molar-refractivity contribution in [1.82, 2.24) is 4.98 Å². The van der Waals surface area contributed by atoms with Crippen molar-refractivity contribution < 1.29 is 9.84 Å². The van der Waals surface area contributed by atoms with Crippen molar-refractivity contribution in [3.63, 3.8) is 0 Å². The second-order valence-electron chi connectivity index (χ2n) is 5.31. The molecule has 2 N–H and O–H groups in total. The Morgan fingerprint density at radius 2 is 2.17 bits per heavy atom. The zero-order valence-electron chi connectivity index (χ0n) is 11.1. The van der Waals surface area contributed by atoms with E-state index in [0.717, 1.165) is 37.4 Å². The van der Waals surface area contributed by atoms with Crippen LogP contribution in [0.2, 0.25) is 0 Å². The Bertz CT molecular complexity index is 387. The van der Waals surface area contributed by atoms with Crippen molar-refractivity contribution in [2.45, 2.75) is 38.1 Å². The molecule has 0 aliphatic heterocycles. The molecule has 0 unspecified atom stereocenters. The summed E-state index contributed by atoms with van der Waals surface area (Å²) >= 11 is 0. The van der Waals surface area contributed by atoms with Crippen molar-refractivity contribution in [3.8, 4) is 5.88 Å². The fraction of sp³-hybridized carbons (Fsp3) is 0.643. The Morgan fingerprint density at radius 3 is 2.78 bits per heavy atom. The van der Waals surface area contributed by atoms with Gasteiger partial charge in [0.25, 0.3) is 0 Å². The molecule has 0 spiro atoms. The molecule has 4 nitrogen and oxygen atoms in total. The van der Waals surface area contributed by atoms with Crippen molar-refractivity contribution in [2.75, 3.05) is 19.0 Å². The first-order valence-corrected chi connectivity index (χ1v) is 6.57. The quantitative estimate of drug-likeness (QED) is 0.862. The number of pyridine rings is 1. The first-order valence-electron chi connectivity index (χ1n) is 6.57. The van der Waals surface area contributed by atoms with Crippen LogP contribution in [-0.4, -0.2) is 29.3 Å². The van der Waals surface area contributed by atoms with Crippen LogP contribution in [0.5, 0.6) is 5.88 Å². The van der Waals surface area contributed by atoms with E-state index in [1.165, 1.54) is 0 Å². The van der Waals surface area contributed by atoms with Crippen molar-refractivity contribution in [1.29, 1.82) is 0 Å². The van der Waals surface area contributed by atoms with Crippen LogP contribution in [0.15, 0.2) is 18.2 Å². The van der Waals surface area contributed by atoms with Crippen molar-refractivity contribution in [2.24, 2.45) is 5.92 Å². The molecule has 1 heterocycles. The third-order valence-electron chi connectivity index (χ3n) is 3.86. The molecule has 4 heteroatoms. The van der Waals surface area contributed by atoms with E-state index in [1.54, 1.807) is 7.11 Å². The van der Waals surface area contributed by atoms with Crippen LogP contribution in [0.1, 0.15) is 32.6 Å². The Labute approximate surface area is 108 Å². The SMILES string of the molecule is COc1cccc(NC2(CO)CCC(C)CC2)n1. The molecule has 0 radical (unpaired) electrons. The average molecular weight is 250 g/mol. The molecule has 0 atom stereocenters. The van der Waals surface area contributed by atoms with Crippen LogP contribution in [0.25, 0.3) is 0 Å². The van der Waals surface area contributed by atoms with Gasteiger partial charge in [-0.2, -0.15) is 4.98 Å². The summed E-state index contributed by atoms with van der Waals surface area (Å²) in [6.45, 7) is 2.42. The third-order valence-corrected chi connectivity index (χ3v) is 3.86. The largest absolute Gasteiger partial charge is 0.481 e. The summed E-state index contributed by atoms with van der Waals surface area (Å²) in [6.07, 6.45) is 4.28. The molecule has 2 rings (SSSR count). The summed E-state index contributed by atoms with van der Waals surface area (Å²) in [4.78, 5) is 4.35. The van der Waals surface area contributed by atoms with E-state index in [0.29, 0.717) is 5.88 Å². The van der Waals surface area contributed by atoms with E-state index in [2.05, 4.69) is 17.2 Å². The molecule has 1 aromatic rings. The highest BCUT2D eigenvalue weighted by molar-refractivity contribution is 5.40.